The highest BCUT2D eigenvalue weighted by atomic mass is 32.2. The second-order valence-corrected chi connectivity index (χ2v) is 14.9. The minimum absolute atomic E-state index is 0.0284. The number of carbonyl (C=O) groups is 1. The first-order valence-electron chi connectivity index (χ1n) is 17.4. The second-order valence-electron chi connectivity index (χ2n) is 13.0. The molecule has 14 heteroatoms. The molecule has 1 atom stereocenters. The molecule has 5 rings (SSSR count). The predicted octanol–water partition coefficient (Wildman–Crippen LogP) is 5.98. The van der Waals surface area contributed by atoms with Gasteiger partial charge in [0, 0.05) is 43.3 Å². The van der Waals surface area contributed by atoms with Crippen LogP contribution in [0.25, 0.3) is 0 Å². The van der Waals surface area contributed by atoms with Crippen LogP contribution in [0.3, 0.4) is 0 Å². The fourth-order valence-electron chi connectivity index (χ4n) is 6.77. The van der Waals surface area contributed by atoms with Gasteiger partial charge in [-0.15, -0.1) is 0 Å². The van der Waals surface area contributed by atoms with E-state index in [0.29, 0.717) is 70.3 Å². The molecule has 0 bridgehead atoms. The SMILES string of the molecule is CCS(=O)(=O)OCCCCCCCN1C(=O)N(C2CCOCC2)Cc2c(NC(C)c3cccc(C(F)(F)C4CCNCC4)c3)ncnc21. The van der Waals surface area contributed by atoms with E-state index >= 15 is 8.78 Å². The van der Waals surface area contributed by atoms with E-state index in [2.05, 4.69) is 20.6 Å². The van der Waals surface area contributed by atoms with Crippen LogP contribution in [0.1, 0.15) is 94.4 Å². The van der Waals surface area contributed by atoms with Gasteiger partial charge in [0.15, 0.2) is 0 Å². The Morgan fingerprint density at radius 3 is 2.56 bits per heavy atom. The molecule has 1 aromatic heterocycles. The van der Waals surface area contributed by atoms with Crippen molar-refractivity contribution in [1.82, 2.24) is 20.2 Å². The summed E-state index contributed by atoms with van der Waals surface area (Å²) < 4.78 is 64.7. The minimum Gasteiger partial charge on any atom is -0.381 e. The third-order valence-corrected chi connectivity index (χ3v) is 11.0. The lowest BCUT2D eigenvalue weighted by atomic mass is 9.86. The van der Waals surface area contributed by atoms with Crippen molar-refractivity contribution in [3.8, 4) is 0 Å². The summed E-state index contributed by atoms with van der Waals surface area (Å²) in [5.74, 6) is -2.49. The number of piperidine rings is 1. The maximum absolute atomic E-state index is 15.5. The number of urea groups is 1. The molecular weight excluding hydrogens is 642 g/mol. The lowest BCUT2D eigenvalue weighted by molar-refractivity contribution is -0.0754. The summed E-state index contributed by atoms with van der Waals surface area (Å²) in [4.78, 5) is 26.7. The number of hydrogen-bond donors (Lipinski definition) is 2. The van der Waals surface area contributed by atoms with E-state index in [-0.39, 0.29) is 36.0 Å². The van der Waals surface area contributed by atoms with Gasteiger partial charge in [-0.05, 0) is 77.1 Å². The van der Waals surface area contributed by atoms with Crippen molar-refractivity contribution >= 4 is 27.8 Å². The lowest BCUT2D eigenvalue weighted by Gasteiger charge is -2.42. The van der Waals surface area contributed by atoms with Crippen LogP contribution >= 0.6 is 0 Å². The normalized spacial score (nSPS) is 19.0. The van der Waals surface area contributed by atoms with Crippen molar-refractivity contribution in [3.05, 3.63) is 47.3 Å². The summed E-state index contributed by atoms with van der Waals surface area (Å²) in [6, 6.07) is 6.29. The molecule has 0 saturated carbocycles. The summed E-state index contributed by atoms with van der Waals surface area (Å²) in [5, 5.41) is 6.63. The third kappa shape index (κ3) is 8.99. The van der Waals surface area contributed by atoms with Crippen molar-refractivity contribution in [2.45, 2.75) is 96.2 Å². The molecule has 266 valence electrons. The van der Waals surface area contributed by atoms with Gasteiger partial charge in [0.05, 0.1) is 24.5 Å². The van der Waals surface area contributed by atoms with Gasteiger partial charge in [-0.2, -0.15) is 8.42 Å². The van der Waals surface area contributed by atoms with E-state index in [4.69, 9.17) is 8.92 Å². The number of aromatic nitrogens is 2. The van der Waals surface area contributed by atoms with Gasteiger partial charge in [-0.25, -0.2) is 23.5 Å². The second kappa shape index (κ2) is 16.6. The fourth-order valence-corrected chi connectivity index (χ4v) is 7.31. The first-order chi connectivity index (χ1) is 23.1. The number of alkyl halides is 2. The largest absolute Gasteiger partial charge is 0.381 e. The molecule has 2 saturated heterocycles. The number of halogens is 2. The molecule has 0 spiro atoms. The van der Waals surface area contributed by atoms with Crippen LogP contribution in [0.4, 0.5) is 25.2 Å². The van der Waals surface area contributed by atoms with Crippen molar-refractivity contribution in [2.24, 2.45) is 5.92 Å². The first-order valence-corrected chi connectivity index (χ1v) is 19.0. The molecule has 11 nitrogen and oxygen atoms in total. The van der Waals surface area contributed by atoms with Crippen molar-refractivity contribution in [1.29, 1.82) is 0 Å². The van der Waals surface area contributed by atoms with E-state index < -0.39 is 22.0 Å². The summed E-state index contributed by atoms with van der Waals surface area (Å²) in [5.41, 5.74) is 1.57. The molecule has 1 aromatic carbocycles. The number of nitrogens with one attached hydrogen (secondary N) is 2. The number of rotatable bonds is 16. The number of carbonyl (C=O) groups excluding carboxylic acids is 1. The molecule has 3 aliphatic heterocycles. The maximum Gasteiger partial charge on any atom is 0.326 e. The van der Waals surface area contributed by atoms with Gasteiger partial charge in [0.25, 0.3) is 16.0 Å². The highest BCUT2D eigenvalue weighted by Gasteiger charge is 2.42. The maximum atomic E-state index is 15.5. The zero-order valence-corrected chi connectivity index (χ0v) is 29.0. The van der Waals surface area contributed by atoms with Crippen LogP contribution in [-0.2, 0) is 31.5 Å². The Morgan fingerprint density at radius 1 is 1.08 bits per heavy atom. The first kappa shape index (κ1) is 36.3. The zero-order valence-electron chi connectivity index (χ0n) is 28.1. The molecular formula is C34H50F2N6O5S. The number of anilines is 2. The van der Waals surface area contributed by atoms with Gasteiger partial charge < -0.3 is 20.3 Å². The van der Waals surface area contributed by atoms with E-state index in [0.717, 1.165) is 49.7 Å². The fraction of sp³-hybridized carbons (Fsp3) is 0.676. The van der Waals surface area contributed by atoms with Gasteiger partial charge in [-0.3, -0.25) is 9.08 Å². The monoisotopic (exact) mass is 692 g/mol. The van der Waals surface area contributed by atoms with Gasteiger partial charge in [0.2, 0.25) is 0 Å². The number of nitrogens with zero attached hydrogens (tertiary/aromatic N) is 4. The highest BCUT2D eigenvalue weighted by Crippen LogP contribution is 2.41. The van der Waals surface area contributed by atoms with Gasteiger partial charge in [-0.1, -0.05) is 37.5 Å². The highest BCUT2D eigenvalue weighted by molar-refractivity contribution is 7.86. The van der Waals surface area contributed by atoms with Crippen molar-refractivity contribution in [3.63, 3.8) is 0 Å². The Morgan fingerprint density at radius 2 is 1.81 bits per heavy atom. The molecule has 1 unspecified atom stereocenters. The average molecular weight is 693 g/mol. The molecule has 48 heavy (non-hydrogen) atoms. The van der Waals surface area contributed by atoms with Crippen LogP contribution in [0, 0.1) is 5.92 Å². The predicted molar refractivity (Wildman–Crippen MR) is 181 cm³/mol. The van der Waals surface area contributed by atoms with Crippen LogP contribution in [-0.4, -0.2) is 80.6 Å². The number of amides is 2. The quantitative estimate of drug-likeness (QED) is 0.162. The van der Waals surface area contributed by atoms with Gasteiger partial charge in [0.1, 0.15) is 18.0 Å². The molecule has 2 fully saturated rings. The Balaban J connectivity index is 1.28. The van der Waals surface area contributed by atoms with E-state index in [9.17, 15) is 13.2 Å². The van der Waals surface area contributed by atoms with Gasteiger partial charge >= 0.3 is 6.03 Å². The number of benzene rings is 1. The van der Waals surface area contributed by atoms with Crippen LogP contribution < -0.4 is 15.5 Å². The zero-order chi connectivity index (χ0) is 34.1. The Labute approximate surface area is 283 Å². The summed E-state index contributed by atoms with van der Waals surface area (Å²) in [6.07, 6.45) is 7.81. The third-order valence-electron chi connectivity index (χ3n) is 9.73. The minimum atomic E-state index is -3.43. The standard InChI is InChI=1S/C34H50F2N6O5S/c1-3-48(44,45)47-19-8-6-4-5-7-18-41-32-30(23-42(33(41)43)29-14-20-46-21-15-29)31(38-24-39-32)40-25(2)26-10-9-11-28(22-26)34(35,36)27-12-16-37-17-13-27/h9-11,22,24-25,27,29,37H,3-8,12-21,23H2,1-2H3,(H,38,39,40). The Hall–Kier alpha value is -2.94. The van der Waals surface area contributed by atoms with Crippen molar-refractivity contribution in [2.75, 3.05) is 55.4 Å². The molecule has 2 aromatic rings. The molecule has 2 amide bonds. The number of ether oxygens (including phenoxy) is 1. The molecule has 0 radical (unpaired) electrons. The average Bonchev–Trinajstić information content (AvgIpc) is 3.11. The summed E-state index contributed by atoms with van der Waals surface area (Å²) >= 11 is 0. The van der Waals surface area contributed by atoms with Crippen molar-refractivity contribution < 1.29 is 30.9 Å². The van der Waals surface area contributed by atoms with E-state index in [1.54, 1.807) is 24.0 Å². The lowest BCUT2D eigenvalue weighted by Crippen LogP contribution is -2.53. The van der Waals surface area contributed by atoms with Crippen LogP contribution in [0.2, 0.25) is 0 Å². The summed E-state index contributed by atoms with van der Waals surface area (Å²) in [7, 11) is -3.43. The van der Waals surface area contributed by atoms with E-state index in [1.807, 2.05) is 17.9 Å². The number of hydrogen-bond acceptors (Lipinski definition) is 9. The Kier molecular flexibility index (Phi) is 12.6. The Bertz CT molecular complexity index is 1470. The number of unbranched alkanes of at least 4 members (excludes halogenated alkanes) is 4. The molecule has 2 N–H and O–H groups in total. The molecule has 3 aliphatic rings. The van der Waals surface area contributed by atoms with Crippen LogP contribution in [0.5, 0.6) is 0 Å². The topological polar surface area (TPSA) is 126 Å². The van der Waals surface area contributed by atoms with Crippen LogP contribution in [0.15, 0.2) is 30.6 Å². The smallest absolute Gasteiger partial charge is 0.326 e. The molecule has 0 aliphatic carbocycles. The van der Waals surface area contributed by atoms with E-state index in [1.165, 1.54) is 12.4 Å². The molecule has 4 heterocycles. The summed E-state index contributed by atoms with van der Waals surface area (Å²) in [6.45, 7) is 6.89. The number of fused-ring (bicyclic) bond motifs is 1.